The fraction of sp³-hybridized carbons (Fsp3) is 0.579. The standard InChI is InChI=1S/C19H19F8N3O2S/c1-3-33(31,32)12-6-10(9-4-5-9)7-28-13(12)17-29-8-11(30(17)2)14(20)18(24,19(25,26)27)15(21)16(22)23/h6-9,14-16H,3-5H2,1-2H3. The largest absolute Gasteiger partial charge is 0.429 e. The molecule has 0 bridgehead atoms. The van der Waals surface area contributed by atoms with Gasteiger partial charge in [-0.25, -0.2) is 35.4 Å². The number of alkyl halides is 8. The summed E-state index contributed by atoms with van der Waals surface area (Å²) in [6, 6.07) is 1.34. The van der Waals surface area contributed by atoms with Crippen LogP contribution >= 0.6 is 0 Å². The van der Waals surface area contributed by atoms with Crippen molar-refractivity contribution in [1.29, 1.82) is 0 Å². The molecule has 33 heavy (non-hydrogen) atoms. The number of sulfone groups is 1. The minimum atomic E-state index is -6.33. The number of pyridine rings is 1. The molecule has 1 saturated carbocycles. The Morgan fingerprint density at radius 1 is 1.09 bits per heavy atom. The zero-order valence-corrected chi connectivity index (χ0v) is 18.1. The van der Waals surface area contributed by atoms with E-state index in [0.717, 1.165) is 19.9 Å². The van der Waals surface area contributed by atoms with Crippen LogP contribution in [0.3, 0.4) is 0 Å². The van der Waals surface area contributed by atoms with Crippen molar-refractivity contribution in [3.8, 4) is 11.5 Å². The van der Waals surface area contributed by atoms with Gasteiger partial charge < -0.3 is 4.57 Å². The van der Waals surface area contributed by atoms with Crippen molar-refractivity contribution < 1.29 is 43.5 Å². The molecule has 3 rings (SSSR count). The van der Waals surface area contributed by atoms with Crippen molar-refractivity contribution >= 4 is 9.84 Å². The normalized spacial score (nSPS) is 18.9. The van der Waals surface area contributed by atoms with Gasteiger partial charge in [0.25, 0.3) is 12.1 Å². The first-order valence-corrected chi connectivity index (χ1v) is 11.4. The quantitative estimate of drug-likeness (QED) is 0.472. The summed E-state index contributed by atoms with van der Waals surface area (Å²) in [4.78, 5) is 7.38. The molecule has 0 aliphatic heterocycles. The highest BCUT2D eigenvalue weighted by atomic mass is 32.2. The number of hydrogen-bond acceptors (Lipinski definition) is 4. The van der Waals surface area contributed by atoms with E-state index >= 15 is 0 Å². The van der Waals surface area contributed by atoms with E-state index in [4.69, 9.17) is 0 Å². The molecule has 184 valence electrons. The lowest BCUT2D eigenvalue weighted by Crippen LogP contribution is -2.55. The molecule has 2 aromatic heterocycles. The molecule has 3 unspecified atom stereocenters. The number of halogens is 8. The number of aromatic nitrogens is 3. The third kappa shape index (κ3) is 4.33. The molecule has 0 N–H and O–H groups in total. The first-order valence-electron chi connectivity index (χ1n) is 9.73. The Morgan fingerprint density at radius 3 is 2.18 bits per heavy atom. The molecule has 1 aliphatic carbocycles. The summed E-state index contributed by atoms with van der Waals surface area (Å²) in [6.07, 6.45) is -15.9. The van der Waals surface area contributed by atoms with Crippen molar-refractivity contribution in [2.75, 3.05) is 5.75 Å². The molecule has 3 atom stereocenters. The average Bonchev–Trinajstić information content (AvgIpc) is 3.53. The number of nitrogens with zero attached hydrogens (tertiary/aromatic N) is 3. The minimum Gasteiger partial charge on any atom is -0.327 e. The van der Waals surface area contributed by atoms with Crippen molar-refractivity contribution in [1.82, 2.24) is 14.5 Å². The summed E-state index contributed by atoms with van der Waals surface area (Å²) >= 11 is 0. The lowest BCUT2D eigenvalue weighted by molar-refractivity contribution is -0.284. The van der Waals surface area contributed by atoms with Gasteiger partial charge in [-0.3, -0.25) is 4.98 Å². The molecular formula is C19H19F8N3O2S. The predicted molar refractivity (Wildman–Crippen MR) is 101 cm³/mol. The molecule has 2 heterocycles. The van der Waals surface area contributed by atoms with Crippen LogP contribution < -0.4 is 0 Å². The summed E-state index contributed by atoms with van der Waals surface area (Å²) in [5.74, 6) is -0.725. The Kier molecular flexibility index (Phi) is 6.54. The van der Waals surface area contributed by atoms with E-state index in [1.165, 1.54) is 19.2 Å². The van der Waals surface area contributed by atoms with Crippen LogP contribution in [-0.2, 0) is 16.9 Å². The van der Waals surface area contributed by atoms with Gasteiger partial charge in [-0.2, -0.15) is 13.2 Å². The zero-order valence-electron chi connectivity index (χ0n) is 17.3. The smallest absolute Gasteiger partial charge is 0.327 e. The molecule has 1 fully saturated rings. The SMILES string of the molecule is CCS(=O)(=O)c1cc(C2CC2)cnc1-c1ncc(C(F)C(F)(C(F)C(F)F)C(F)(F)F)n1C. The lowest BCUT2D eigenvalue weighted by Gasteiger charge is -2.33. The molecular weight excluding hydrogens is 486 g/mol. The van der Waals surface area contributed by atoms with E-state index in [-0.39, 0.29) is 22.3 Å². The van der Waals surface area contributed by atoms with Crippen LogP contribution in [-0.4, -0.2) is 53.1 Å². The highest BCUT2D eigenvalue weighted by molar-refractivity contribution is 7.91. The van der Waals surface area contributed by atoms with Crippen molar-refractivity contribution in [2.45, 2.75) is 61.2 Å². The van der Waals surface area contributed by atoms with Crippen LogP contribution in [0, 0.1) is 0 Å². The number of imidazole rings is 1. The summed E-state index contributed by atoms with van der Waals surface area (Å²) in [7, 11) is -3.02. The first kappa shape index (κ1) is 25.4. The summed E-state index contributed by atoms with van der Waals surface area (Å²) in [5.41, 5.74) is -6.53. The fourth-order valence-electron chi connectivity index (χ4n) is 3.38. The maximum Gasteiger partial charge on any atom is 0.429 e. The number of rotatable bonds is 8. The summed E-state index contributed by atoms with van der Waals surface area (Å²) < 4.78 is 134. The van der Waals surface area contributed by atoms with Gasteiger partial charge in [0.05, 0.1) is 22.5 Å². The van der Waals surface area contributed by atoms with Crippen LogP contribution in [0.25, 0.3) is 11.5 Å². The molecule has 5 nitrogen and oxygen atoms in total. The van der Waals surface area contributed by atoms with Gasteiger partial charge in [-0.15, -0.1) is 0 Å². The van der Waals surface area contributed by atoms with E-state index in [1.807, 2.05) is 0 Å². The van der Waals surface area contributed by atoms with Crippen LogP contribution in [0.15, 0.2) is 23.4 Å². The van der Waals surface area contributed by atoms with Gasteiger partial charge in [-0.05, 0) is 30.4 Å². The topological polar surface area (TPSA) is 64.8 Å². The Morgan fingerprint density at radius 2 is 1.70 bits per heavy atom. The number of hydrogen-bond donors (Lipinski definition) is 0. The zero-order chi connectivity index (χ0) is 24.9. The average molecular weight is 505 g/mol. The van der Waals surface area contributed by atoms with E-state index in [0.29, 0.717) is 16.3 Å². The molecule has 0 radical (unpaired) electrons. The van der Waals surface area contributed by atoms with Gasteiger partial charge in [0, 0.05) is 13.2 Å². The summed E-state index contributed by atoms with van der Waals surface area (Å²) in [5, 5.41) is 0. The van der Waals surface area contributed by atoms with E-state index in [1.54, 1.807) is 0 Å². The second kappa shape index (κ2) is 8.51. The second-order valence-corrected chi connectivity index (χ2v) is 9.97. The van der Waals surface area contributed by atoms with Gasteiger partial charge in [0.2, 0.25) is 6.17 Å². The molecule has 0 spiro atoms. The van der Waals surface area contributed by atoms with E-state index < -0.39 is 52.0 Å². The van der Waals surface area contributed by atoms with E-state index in [2.05, 4.69) is 9.97 Å². The predicted octanol–water partition coefficient (Wildman–Crippen LogP) is 5.04. The Bertz CT molecular complexity index is 1130. The third-order valence-corrected chi connectivity index (χ3v) is 7.30. The van der Waals surface area contributed by atoms with Gasteiger partial charge in [-0.1, -0.05) is 6.92 Å². The summed E-state index contributed by atoms with van der Waals surface area (Å²) in [6.45, 7) is 1.34. The Hall–Kier alpha value is -2.25. The molecule has 14 heteroatoms. The maximum atomic E-state index is 14.8. The third-order valence-electron chi connectivity index (χ3n) is 5.56. The Labute approximate surface area is 183 Å². The van der Waals surface area contributed by atoms with Crippen molar-refractivity contribution in [3.05, 3.63) is 29.7 Å². The highest BCUT2D eigenvalue weighted by Gasteiger charge is 2.70. The van der Waals surface area contributed by atoms with E-state index in [9.17, 15) is 43.5 Å². The maximum absolute atomic E-state index is 14.8. The van der Waals surface area contributed by atoms with Gasteiger partial charge in [0.15, 0.2) is 21.8 Å². The Balaban J connectivity index is 2.14. The van der Waals surface area contributed by atoms with Crippen molar-refractivity contribution in [2.24, 2.45) is 7.05 Å². The lowest BCUT2D eigenvalue weighted by atomic mass is 9.91. The molecule has 0 saturated heterocycles. The molecule has 1 aliphatic rings. The molecule has 2 aromatic rings. The monoisotopic (exact) mass is 505 g/mol. The van der Waals surface area contributed by atoms with Crippen LogP contribution in [0.5, 0.6) is 0 Å². The molecule has 0 aromatic carbocycles. The minimum absolute atomic E-state index is 0.0966. The van der Waals surface area contributed by atoms with Crippen molar-refractivity contribution in [3.63, 3.8) is 0 Å². The van der Waals surface area contributed by atoms with Crippen LogP contribution in [0.1, 0.15) is 43.1 Å². The van der Waals surface area contributed by atoms with Gasteiger partial charge >= 0.3 is 6.18 Å². The molecule has 0 amide bonds. The van der Waals surface area contributed by atoms with Gasteiger partial charge in [0.1, 0.15) is 5.69 Å². The van der Waals surface area contributed by atoms with Crippen LogP contribution in [0.4, 0.5) is 35.1 Å². The second-order valence-electron chi connectivity index (χ2n) is 7.72. The van der Waals surface area contributed by atoms with Crippen LogP contribution in [0.2, 0.25) is 0 Å². The first-order chi connectivity index (χ1) is 15.2. The highest BCUT2D eigenvalue weighted by Crippen LogP contribution is 2.50. The fourth-order valence-corrected chi connectivity index (χ4v) is 4.44.